The maximum atomic E-state index is 10.4. The Morgan fingerprint density at radius 1 is 0.875 bits per heavy atom. The number of hydrogen-bond donors (Lipinski definition) is 0. The lowest BCUT2D eigenvalue weighted by atomic mass is 10.1. The van der Waals surface area contributed by atoms with Gasteiger partial charge in [-0.15, -0.1) is 0 Å². The van der Waals surface area contributed by atoms with Crippen LogP contribution in [0.1, 0.15) is 71.1 Å². The molecule has 0 aliphatic heterocycles. The molecule has 0 saturated heterocycles. The fraction of sp³-hybridized carbons (Fsp3) is 0.923. The minimum absolute atomic E-state index is 0.268. The second kappa shape index (κ2) is 13.4. The van der Waals surface area contributed by atoms with Crippen LogP contribution in [0, 0.1) is 0 Å². The number of halogens is 1. The topological polar surface area (TPSA) is 17.1 Å². The summed E-state index contributed by atoms with van der Waals surface area (Å²) in [5.41, 5.74) is 0. The van der Waals surface area contributed by atoms with Gasteiger partial charge in [-0.25, -0.2) is 0 Å². The third-order valence-electron chi connectivity index (χ3n) is 2.71. The number of hydrogen-bond acceptors (Lipinski definition) is 2. The molecule has 0 radical (unpaired) electrons. The van der Waals surface area contributed by atoms with Crippen LogP contribution < -0.4 is 0 Å². The summed E-state index contributed by atoms with van der Waals surface area (Å²) >= 11 is 6.46. The Kier molecular flexibility index (Phi) is 13.6. The molecule has 1 nitrogen and oxygen atoms in total. The molecule has 0 unspecified atom stereocenters. The molecule has 0 aromatic heterocycles. The first-order chi connectivity index (χ1) is 7.77. The molecule has 0 spiro atoms. The van der Waals surface area contributed by atoms with Crippen LogP contribution in [0.2, 0.25) is 0 Å². The molecule has 0 heterocycles. The van der Waals surface area contributed by atoms with E-state index in [0.29, 0.717) is 0 Å². The first-order valence-corrected chi connectivity index (χ1v) is 7.96. The van der Waals surface area contributed by atoms with Crippen molar-refractivity contribution in [1.29, 1.82) is 0 Å². The Bertz CT molecular complexity index is 162. The van der Waals surface area contributed by atoms with Gasteiger partial charge >= 0.3 is 0 Å². The van der Waals surface area contributed by atoms with Crippen LogP contribution in [0.15, 0.2) is 0 Å². The van der Waals surface area contributed by atoms with Gasteiger partial charge in [-0.05, 0) is 18.0 Å². The van der Waals surface area contributed by atoms with Crippen LogP contribution >= 0.6 is 23.4 Å². The molecule has 3 heteroatoms. The van der Waals surface area contributed by atoms with Gasteiger partial charge in [-0.2, -0.15) is 0 Å². The van der Waals surface area contributed by atoms with Gasteiger partial charge in [0.15, 0.2) is 0 Å². The fourth-order valence-corrected chi connectivity index (χ4v) is 2.48. The fourth-order valence-electron chi connectivity index (χ4n) is 1.74. The zero-order valence-electron chi connectivity index (χ0n) is 10.5. The highest BCUT2D eigenvalue weighted by molar-refractivity contribution is 8.16. The van der Waals surface area contributed by atoms with Crippen LogP contribution in [-0.2, 0) is 0 Å². The Morgan fingerprint density at radius 3 is 1.75 bits per heavy atom. The van der Waals surface area contributed by atoms with Crippen molar-refractivity contribution >= 4 is 27.9 Å². The van der Waals surface area contributed by atoms with E-state index in [9.17, 15) is 4.79 Å². The standard InChI is InChI=1S/C13H25ClOS/c1-2-3-4-5-6-7-8-9-10-11-12-16-13(14)15/h2-12H2,1H3. The van der Waals surface area contributed by atoms with Crippen molar-refractivity contribution in [2.75, 3.05) is 5.75 Å². The van der Waals surface area contributed by atoms with E-state index in [4.69, 9.17) is 11.6 Å². The molecule has 0 aromatic rings. The van der Waals surface area contributed by atoms with E-state index in [-0.39, 0.29) is 4.57 Å². The SMILES string of the molecule is CCCCCCCCCCCCSC(=O)Cl. The number of rotatable bonds is 11. The molecule has 0 aliphatic carbocycles. The van der Waals surface area contributed by atoms with Gasteiger partial charge in [0.2, 0.25) is 0 Å². The first kappa shape index (κ1) is 16.3. The Labute approximate surface area is 110 Å². The molecule has 0 atom stereocenters. The van der Waals surface area contributed by atoms with E-state index in [2.05, 4.69) is 6.92 Å². The summed E-state index contributed by atoms with van der Waals surface area (Å²) in [6.07, 6.45) is 13.3. The molecule has 96 valence electrons. The number of unbranched alkanes of at least 4 members (excludes halogenated alkanes) is 9. The summed E-state index contributed by atoms with van der Waals surface area (Å²) in [6, 6.07) is 0. The van der Waals surface area contributed by atoms with Crippen LogP contribution in [0.5, 0.6) is 0 Å². The van der Waals surface area contributed by atoms with Crippen molar-refractivity contribution < 1.29 is 4.79 Å². The third kappa shape index (κ3) is 14.3. The first-order valence-electron chi connectivity index (χ1n) is 6.59. The summed E-state index contributed by atoms with van der Waals surface area (Å²) in [4.78, 5) is 10.4. The zero-order chi connectivity index (χ0) is 12.1. The molecule has 0 aromatic carbocycles. The highest BCUT2D eigenvalue weighted by Crippen LogP contribution is 2.13. The van der Waals surface area contributed by atoms with Gasteiger partial charge in [0.25, 0.3) is 4.57 Å². The molecule has 16 heavy (non-hydrogen) atoms. The largest absolute Gasteiger partial charge is 0.279 e. The van der Waals surface area contributed by atoms with Crippen molar-refractivity contribution in [3.8, 4) is 0 Å². The monoisotopic (exact) mass is 264 g/mol. The van der Waals surface area contributed by atoms with Gasteiger partial charge in [0.05, 0.1) is 0 Å². The molecule has 0 N–H and O–H groups in total. The summed E-state index contributed by atoms with van der Waals surface area (Å²) in [5.74, 6) is 0.888. The van der Waals surface area contributed by atoms with E-state index in [1.807, 2.05) is 0 Å². The van der Waals surface area contributed by atoms with Gasteiger partial charge in [0.1, 0.15) is 0 Å². The molecular weight excluding hydrogens is 240 g/mol. The van der Waals surface area contributed by atoms with E-state index in [0.717, 1.165) is 12.2 Å². The highest BCUT2D eigenvalue weighted by Gasteiger charge is 1.96. The van der Waals surface area contributed by atoms with Gasteiger partial charge < -0.3 is 0 Å². The Hall–Kier alpha value is 0.310. The van der Waals surface area contributed by atoms with Crippen LogP contribution in [0.4, 0.5) is 4.79 Å². The summed E-state index contributed by atoms with van der Waals surface area (Å²) in [5, 5.41) is 0. The van der Waals surface area contributed by atoms with Crippen molar-refractivity contribution in [3.63, 3.8) is 0 Å². The second-order valence-corrected chi connectivity index (χ2v) is 5.90. The molecule has 0 amide bonds. The van der Waals surface area contributed by atoms with Crippen LogP contribution in [-0.4, -0.2) is 10.3 Å². The lowest BCUT2D eigenvalue weighted by molar-refractivity contribution is 0.276. The summed E-state index contributed by atoms with van der Waals surface area (Å²) in [6.45, 7) is 2.25. The maximum absolute atomic E-state index is 10.4. The molecule has 0 fully saturated rings. The van der Waals surface area contributed by atoms with E-state index in [1.165, 1.54) is 69.5 Å². The number of thioether (sulfide) groups is 1. The van der Waals surface area contributed by atoms with Crippen molar-refractivity contribution in [2.24, 2.45) is 0 Å². The Balaban J connectivity index is 2.90. The van der Waals surface area contributed by atoms with Crippen LogP contribution in [0.3, 0.4) is 0 Å². The molecule has 0 bridgehead atoms. The van der Waals surface area contributed by atoms with Gasteiger partial charge in [0, 0.05) is 5.75 Å². The predicted molar refractivity (Wildman–Crippen MR) is 75.6 cm³/mol. The summed E-state index contributed by atoms with van der Waals surface area (Å²) in [7, 11) is 0. The highest BCUT2D eigenvalue weighted by atomic mass is 35.5. The van der Waals surface area contributed by atoms with Gasteiger partial charge in [-0.1, -0.05) is 76.5 Å². The van der Waals surface area contributed by atoms with E-state index >= 15 is 0 Å². The van der Waals surface area contributed by atoms with Crippen molar-refractivity contribution in [2.45, 2.75) is 71.1 Å². The smallest absolute Gasteiger partial charge is 0.268 e. The minimum Gasteiger partial charge on any atom is -0.268 e. The quantitative estimate of drug-likeness (QED) is 0.336. The third-order valence-corrected chi connectivity index (χ3v) is 3.76. The van der Waals surface area contributed by atoms with Crippen LogP contribution in [0.25, 0.3) is 0 Å². The average Bonchev–Trinajstić information content (AvgIpc) is 2.25. The number of carbonyl (C=O) groups is 1. The molecule has 0 aliphatic rings. The van der Waals surface area contributed by atoms with E-state index in [1.54, 1.807) is 0 Å². The lowest BCUT2D eigenvalue weighted by Crippen LogP contribution is -1.85. The molecule has 0 saturated carbocycles. The zero-order valence-corrected chi connectivity index (χ0v) is 12.0. The van der Waals surface area contributed by atoms with Gasteiger partial charge in [-0.3, -0.25) is 4.79 Å². The predicted octanol–water partition coefficient (Wildman–Crippen LogP) is 6.00. The van der Waals surface area contributed by atoms with E-state index < -0.39 is 0 Å². The minimum atomic E-state index is -0.268. The maximum Gasteiger partial charge on any atom is 0.279 e. The van der Waals surface area contributed by atoms with Crippen molar-refractivity contribution in [3.05, 3.63) is 0 Å². The Morgan fingerprint density at radius 2 is 1.31 bits per heavy atom. The lowest BCUT2D eigenvalue weighted by Gasteiger charge is -2.01. The normalized spacial score (nSPS) is 10.6. The molecular formula is C13H25ClOS. The van der Waals surface area contributed by atoms with Crippen molar-refractivity contribution in [1.82, 2.24) is 0 Å². The number of carbonyl (C=O) groups excluding carboxylic acids is 1. The summed E-state index contributed by atoms with van der Waals surface area (Å²) < 4.78 is -0.268. The average molecular weight is 265 g/mol. The second-order valence-electron chi connectivity index (χ2n) is 4.27. The molecule has 0 rings (SSSR count).